The Hall–Kier alpha value is -0.500. The van der Waals surface area contributed by atoms with Crippen LogP contribution in [0, 0.1) is 0 Å². The summed E-state index contributed by atoms with van der Waals surface area (Å²) in [5.74, 6) is 0. The molecule has 2 N–H and O–H groups in total. The van der Waals surface area contributed by atoms with Crippen LogP contribution < -0.4 is 10.9 Å². The average Bonchev–Trinajstić information content (AvgIpc) is 2.43. The third-order valence-electron chi connectivity index (χ3n) is 1.08. The van der Waals surface area contributed by atoms with Crippen molar-refractivity contribution in [3.8, 4) is 0 Å². The lowest BCUT2D eigenvalue weighted by Gasteiger charge is -1.96. The molecule has 54 valence electrons. The van der Waals surface area contributed by atoms with Gasteiger partial charge in [0.1, 0.15) is 0 Å². The van der Waals surface area contributed by atoms with Crippen molar-refractivity contribution >= 4 is 0 Å². The van der Waals surface area contributed by atoms with Gasteiger partial charge in [0.25, 0.3) is 0 Å². The fourth-order valence-corrected chi connectivity index (χ4v) is 0.623. The van der Waals surface area contributed by atoms with Crippen molar-refractivity contribution in [2.45, 2.75) is 27.2 Å². The van der Waals surface area contributed by atoms with Crippen LogP contribution in [0.5, 0.6) is 0 Å². The van der Waals surface area contributed by atoms with Gasteiger partial charge in [-0.3, -0.25) is 0 Å². The molecule has 1 aliphatic heterocycles. The van der Waals surface area contributed by atoms with Crippen LogP contribution in [-0.4, -0.2) is 6.54 Å². The van der Waals surface area contributed by atoms with Crippen LogP contribution in [0.2, 0.25) is 0 Å². The Balaban J connectivity index is 0.000000291. The van der Waals surface area contributed by atoms with Crippen molar-refractivity contribution in [2.75, 3.05) is 6.54 Å². The second-order valence-electron chi connectivity index (χ2n) is 1.59. The Morgan fingerprint density at radius 3 is 2.44 bits per heavy atom. The lowest BCUT2D eigenvalue weighted by molar-refractivity contribution is 0.683. The van der Waals surface area contributed by atoms with Gasteiger partial charge in [-0.15, -0.1) is 0 Å². The van der Waals surface area contributed by atoms with Crippen LogP contribution in [-0.2, 0) is 0 Å². The number of nitrogens with one attached hydrogen (secondary N) is 2. The molecule has 1 rings (SSSR count). The number of hydrogen-bond donors (Lipinski definition) is 2. The monoisotopic (exact) mass is 128 g/mol. The van der Waals surface area contributed by atoms with Gasteiger partial charge in [0.2, 0.25) is 0 Å². The first-order valence-electron chi connectivity index (χ1n) is 3.61. The van der Waals surface area contributed by atoms with Crippen LogP contribution in [0.4, 0.5) is 0 Å². The van der Waals surface area contributed by atoms with E-state index in [0.29, 0.717) is 0 Å². The van der Waals surface area contributed by atoms with E-state index >= 15 is 0 Å². The predicted molar refractivity (Wildman–Crippen MR) is 40.9 cm³/mol. The summed E-state index contributed by atoms with van der Waals surface area (Å²) in [5.41, 5.74) is 7.30. The van der Waals surface area contributed by atoms with Gasteiger partial charge in [0.05, 0.1) is 0 Å². The number of hydrazine groups is 1. The molecule has 0 fully saturated rings. The topological polar surface area (TPSA) is 24.1 Å². The van der Waals surface area contributed by atoms with E-state index in [1.54, 1.807) is 0 Å². The maximum atomic E-state index is 3.02. The summed E-state index contributed by atoms with van der Waals surface area (Å²) in [6.07, 6.45) is 3.26. The normalized spacial score (nSPS) is 15.2. The molecule has 0 bridgehead atoms. The highest BCUT2D eigenvalue weighted by Crippen LogP contribution is 1.95. The van der Waals surface area contributed by atoms with E-state index < -0.39 is 0 Å². The standard InChI is InChI=1S/C5H10N2.C2H6/c1-2-5-3-4-6-7-5;1-2/h3,6-7H,2,4H2,1H3;1-2H3. The molecular formula is C7H16N2. The van der Waals surface area contributed by atoms with Gasteiger partial charge >= 0.3 is 0 Å². The third-order valence-corrected chi connectivity index (χ3v) is 1.08. The van der Waals surface area contributed by atoms with Gasteiger partial charge in [-0.25, -0.2) is 5.43 Å². The summed E-state index contributed by atoms with van der Waals surface area (Å²) < 4.78 is 0. The van der Waals surface area contributed by atoms with Crippen LogP contribution in [0.25, 0.3) is 0 Å². The Labute approximate surface area is 57.3 Å². The smallest absolute Gasteiger partial charge is 0.0348 e. The number of allylic oxidation sites excluding steroid dienone is 1. The molecule has 0 aliphatic carbocycles. The van der Waals surface area contributed by atoms with Gasteiger partial charge < -0.3 is 5.43 Å². The first kappa shape index (κ1) is 8.50. The first-order chi connectivity index (χ1) is 4.43. The number of hydrogen-bond acceptors (Lipinski definition) is 2. The molecule has 9 heavy (non-hydrogen) atoms. The van der Waals surface area contributed by atoms with Gasteiger partial charge in [-0.1, -0.05) is 20.8 Å². The molecule has 0 atom stereocenters. The van der Waals surface area contributed by atoms with E-state index in [4.69, 9.17) is 0 Å². The van der Waals surface area contributed by atoms with E-state index in [1.807, 2.05) is 13.8 Å². The van der Waals surface area contributed by atoms with Crippen LogP contribution >= 0.6 is 0 Å². The minimum atomic E-state index is 0.975. The highest BCUT2D eigenvalue weighted by atomic mass is 15.4. The summed E-state index contributed by atoms with van der Waals surface area (Å²) in [6.45, 7) is 7.11. The van der Waals surface area contributed by atoms with Crippen molar-refractivity contribution in [3.63, 3.8) is 0 Å². The molecule has 0 spiro atoms. The minimum absolute atomic E-state index is 0.975. The maximum Gasteiger partial charge on any atom is 0.0348 e. The molecule has 0 saturated heterocycles. The highest BCUT2D eigenvalue weighted by molar-refractivity contribution is 5.03. The quantitative estimate of drug-likeness (QED) is 0.558. The molecule has 0 aromatic heterocycles. The zero-order valence-electron chi connectivity index (χ0n) is 6.49. The highest BCUT2D eigenvalue weighted by Gasteiger charge is 1.95. The molecule has 2 heteroatoms. The molecule has 0 aromatic carbocycles. The van der Waals surface area contributed by atoms with Gasteiger partial charge in [0, 0.05) is 12.2 Å². The number of rotatable bonds is 1. The molecule has 0 radical (unpaired) electrons. The van der Waals surface area contributed by atoms with Gasteiger partial charge in [-0.2, -0.15) is 0 Å². The molecule has 1 heterocycles. The SMILES string of the molecule is CC.CCC1=CCNN1. The Morgan fingerprint density at radius 1 is 1.56 bits per heavy atom. The maximum absolute atomic E-state index is 3.02. The second kappa shape index (κ2) is 5.63. The van der Waals surface area contributed by atoms with Crippen LogP contribution in [0.15, 0.2) is 11.8 Å². The van der Waals surface area contributed by atoms with E-state index in [2.05, 4.69) is 23.9 Å². The van der Waals surface area contributed by atoms with E-state index in [9.17, 15) is 0 Å². The Morgan fingerprint density at radius 2 is 2.22 bits per heavy atom. The molecule has 2 nitrogen and oxygen atoms in total. The average molecular weight is 128 g/mol. The summed E-state index contributed by atoms with van der Waals surface area (Å²) >= 11 is 0. The van der Waals surface area contributed by atoms with Crippen LogP contribution in [0.3, 0.4) is 0 Å². The Kier molecular flexibility index (Phi) is 5.32. The van der Waals surface area contributed by atoms with Gasteiger partial charge in [-0.05, 0) is 12.5 Å². The molecule has 0 amide bonds. The van der Waals surface area contributed by atoms with Crippen molar-refractivity contribution in [1.82, 2.24) is 10.9 Å². The Bertz CT molecular complexity index is 86.9. The van der Waals surface area contributed by atoms with Crippen molar-refractivity contribution in [3.05, 3.63) is 11.8 Å². The summed E-state index contributed by atoms with van der Waals surface area (Å²) in [5, 5.41) is 0. The van der Waals surface area contributed by atoms with E-state index in [0.717, 1.165) is 13.0 Å². The van der Waals surface area contributed by atoms with Crippen molar-refractivity contribution < 1.29 is 0 Å². The molecule has 0 aromatic rings. The minimum Gasteiger partial charge on any atom is -0.326 e. The van der Waals surface area contributed by atoms with Crippen molar-refractivity contribution in [1.29, 1.82) is 0 Å². The second-order valence-corrected chi connectivity index (χ2v) is 1.59. The molecule has 0 saturated carbocycles. The van der Waals surface area contributed by atoms with Crippen molar-refractivity contribution in [2.24, 2.45) is 0 Å². The predicted octanol–water partition coefficient (Wildman–Crippen LogP) is 1.41. The van der Waals surface area contributed by atoms with Gasteiger partial charge in [0.15, 0.2) is 0 Å². The van der Waals surface area contributed by atoms with Crippen LogP contribution in [0.1, 0.15) is 27.2 Å². The first-order valence-corrected chi connectivity index (χ1v) is 3.61. The largest absolute Gasteiger partial charge is 0.326 e. The zero-order valence-corrected chi connectivity index (χ0v) is 6.49. The fourth-order valence-electron chi connectivity index (χ4n) is 0.623. The van der Waals surface area contributed by atoms with E-state index in [1.165, 1.54) is 5.70 Å². The fraction of sp³-hybridized carbons (Fsp3) is 0.714. The molecular weight excluding hydrogens is 112 g/mol. The summed E-state index contributed by atoms with van der Waals surface area (Å²) in [6, 6.07) is 0. The molecule has 0 unspecified atom stereocenters. The lowest BCUT2D eigenvalue weighted by Crippen LogP contribution is -2.23. The summed E-state index contributed by atoms with van der Waals surface area (Å²) in [7, 11) is 0. The summed E-state index contributed by atoms with van der Waals surface area (Å²) in [4.78, 5) is 0. The zero-order chi connectivity index (χ0) is 7.11. The van der Waals surface area contributed by atoms with E-state index in [-0.39, 0.29) is 0 Å². The third kappa shape index (κ3) is 3.14. The molecule has 1 aliphatic rings. The lowest BCUT2D eigenvalue weighted by atomic mass is 10.3.